The lowest BCUT2D eigenvalue weighted by Crippen LogP contribution is -2.35. The average Bonchev–Trinajstić information content (AvgIpc) is 3.12. The van der Waals surface area contributed by atoms with E-state index in [1.54, 1.807) is 16.8 Å². The van der Waals surface area contributed by atoms with Gasteiger partial charge in [-0.1, -0.05) is 6.92 Å². The van der Waals surface area contributed by atoms with Gasteiger partial charge in [-0.05, 0) is 56.5 Å². The number of amides is 1. The number of rotatable bonds is 4. The van der Waals surface area contributed by atoms with Gasteiger partial charge in [-0.25, -0.2) is 9.07 Å². The van der Waals surface area contributed by atoms with Crippen molar-refractivity contribution in [2.24, 2.45) is 11.1 Å². The Balaban J connectivity index is 0.00000243. The minimum atomic E-state index is -0.280. The first-order valence-electron chi connectivity index (χ1n) is 8.62. The van der Waals surface area contributed by atoms with Gasteiger partial charge in [0.25, 0.3) is 0 Å². The lowest BCUT2D eigenvalue weighted by molar-refractivity contribution is -0.129. The first-order valence-corrected chi connectivity index (χ1v) is 8.62. The third-order valence-electron chi connectivity index (χ3n) is 5.24. The van der Waals surface area contributed by atoms with Crippen molar-refractivity contribution in [1.29, 1.82) is 0 Å². The van der Waals surface area contributed by atoms with Gasteiger partial charge in [0.1, 0.15) is 5.82 Å². The van der Waals surface area contributed by atoms with Crippen molar-refractivity contribution in [3.05, 3.63) is 47.0 Å². The summed E-state index contributed by atoms with van der Waals surface area (Å²) in [5, 5.41) is 4.54. The molecule has 2 N–H and O–H groups in total. The molecule has 0 radical (unpaired) electrons. The highest BCUT2D eigenvalue weighted by atomic mass is 35.5. The number of hydrogen-bond donors (Lipinski definition) is 1. The van der Waals surface area contributed by atoms with E-state index >= 15 is 0 Å². The average molecular weight is 381 g/mol. The van der Waals surface area contributed by atoms with E-state index in [0.717, 1.165) is 35.6 Å². The normalized spacial score (nSPS) is 19.5. The van der Waals surface area contributed by atoms with E-state index < -0.39 is 0 Å². The second-order valence-electron chi connectivity index (χ2n) is 7.29. The quantitative estimate of drug-likeness (QED) is 0.887. The fourth-order valence-electron chi connectivity index (χ4n) is 3.43. The number of hydrogen-bond acceptors (Lipinski definition) is 3. The number of benzene rings is 1. The standard InChI is InChI=1S/C19H25FN4O.ClH/c1-13-17(10-18(25)23-9-8-19(3,11-21)12-23)14(2)24(22-13)16-6-4-15(20)5-7-16;/h4-7H,8-12,21H2,1-3H3;1H. The third-order valence-corrected chi connectivity index (χ3v) is 5.24. The Hall–Kier alpha value is -1.92. The number of aromatic nitrogens is 2. The molecule has 1 unspecified atom stereocenters. The fourth-order valence-corrected chi connectivity index (χ4v) is 3.43. The van der Waals surface area contributed by atoms with Crippen LogP contribution in [0.4, 0.5) is 4.39 Å². The van der Waals surface area contributed by atoms with Crippen LogP contribution in [0.3, 0.4) is 0 Å². The molecule has 3 rings (SSSR count). The second kappa shape index (κ2) is 7.76. The van der Waals surface area contributed by atoms with Crippen LogP contribution in [-0.4, -0.2) is 40.2 Å². The molecular weight excluding hydrogens is 355 g/mol. The van der Waals surface area contributed by atoms with Gasteiger partial charge < -0.3 is 10.6 Å². The van der Waals surface area contributed by atoms with Gasteiger partial charge in [0.05, 0.1) is 17.8 Å². The van der Waals surface area contributed by atoms with E-state index in [4.69, 9.17) is 5.73 Å². The van der Waals surface area contributed by atoms with Gasteiger partial charge in [-0.2, -0.15) is 5.10 Å². The summed E-state index contributed by atoms with van der Waals surface area (Å²) in [6.07, 6.45) is 1.28. The van der Waals surface area contributed by atoms with Gasteiger partial charge in [-0.3, -0.25) is 4.79 Å². The molecule has 26 heavy (non-hydrogen) atoms. The highest BCUT2D eigenvalue weighted by Crippen LogP contribution is 2.29. The van der Waals surface area contributed by atoms with Crippen LogP contribution in [0.2, 0.25) is 0 Å². The molecular formula is C19H26ClFN4O. The van der Waals surface area contributed by atoms with E-state index in [1.807, 2.05) is 18.7 Å². The summed E-state index contributed by atoms with van der Waals surface area (Å²) in [6.45, 7) is 8.05. The van der Waals surface area contributed by atoms with Crippen molar-refractivity contribution >= 4 is 18.3 Å². The molecule has 7 heteroatoms. The molecule has 1 saturated heterocycles. The molecule has 0 bridgehead atoms. The van der Waals surface area contributed by atoms with E-state index in [9.17, 15) is 9.18 Å². The number of nitrogens with zero attached hydrogens (tertiary/aromatic N) is 3. The molecule has 0 spiro atoms. The minimum absolute atomic E-state index is 0. The monoisotopic (exact) mass is 380 g/mol. The topological polar surface area (TPSA) is 64.2 Å². The SMILES string of the molecule is Cc1nn(-c2ccc(F)cc2)c(C)c1CC(=O)N1CCC(C)(CN)C1.Cl. The second-order valence-corrected chi connectivity index (χ2v) is 7.29. The molecule has 142 valence electrons. The Kier molecular flexibility index (Phi) is 6.09. The smallest absolute Gasteiger partial charge is 0.227 e. The first kappa shape index (κ1) is 20.4. The molecule has 1 fully saturated rings. The highest BCUT2D eigenvalue weighted by molar-refractivity contribution is 5.85. The zero-order valence-corrected chi connectivity index (χ0v) is 16.3. The molecule has 0 aliphatic carbocycles. The zero-order chi connectivity index (χ0) is 18.2. The van der Waals surface area contributed by atoms with Gasteiger partial charge in [0.15, 0.2) is 0 Å². The maximum absolute atomic E-state index is 13.1. The van der Waals surface area contributed by atoms with Crippen molar-refractivity contribution in [1.82, 2.24) is 14.7 Å². The summed E-state index contributed by atoms with van der Waals surface area (Å²) in [7, 11) is 0. The Labute approximate surface area is 159 Å². The molecule has 1 aliphatic heterocycles. The van der Waals surface area contributed by atoms with Gasteiger partial charge >= 0.3 is 0 Å². The molecule has 0 saturated carbocycles. The van der Waals surface area contributed by atoms with Gasteiger partial charge in [0.2, 0.25) is 5.91 Å². The highest BCUT2D eigenvalue weighted by Gasteiger charge is 2.35. The first-order chi connectivity index (χ1) is 11.8. The number of carbonyl (C=O) groups is 1. The molecule has 1 aliphatic rings. The third kappa shape index (κ3) is 3.91. The summed E-state index contributed by atoms with van der Waals surface area (Å²) in [5.41, 5.74) is 9.33. The van der Waals surface area contributed by atoms with E-state index in [0.29, 0.717) is 19.5 Å². The maximum Gasteiger partial charge on any atom is 0.227 e. The number of carbonyl (C=O) groups excluding carboxylic acids is 1. The molecule has 1 aromatic carbocycles. The van der Waals surface area contributed by atoms with E-state index in [-0.39, 0.29) is 29.5 Å². The van der Waals surface area contributed by atoms with Crippen LogP contribution in [0.25, 0.3) is 5.69 Å². The summed E-state index contributed by atoms with van der Waals surface area (Å²) in [4.78, 5) is 14.6. The Morgan fingerprint density at radius 3 is 2.54 bits per heavy atom. The molecule has 1 amide bonds. The maximum atomic E-state index is 13.1. The Morgan fingerprint density at radius 1 is 1.31 bits per heavy atom. The van der Waals surface area contributed by atoms with E-state index in [2.05, 4.69) is 12.0 Å². The largest absolute Gasteiger partial charge is 0.342 e. The molecule has 5 nitrogen and oxygen atoms in total. The summed E-state index contributed by atoms with van der Waals surface area (Å²) in [6, 6.07) is 6.20. The molecule has 2 aromatic rings. The lowest BCUT2D eigenvalue weighted by Gasteiger charge is -2.22. The summed E-state index contributed by atoms with van der Waals surface area (Å²) >= 11 is 0. The summed E-state index contributed by atoms with van der Waals surface area (Å²) in [5.74, 6) is -0.167. The van der Waals surface area contributed by atoms with Crippen molar-refractivity contribution in [2.75, 3.05) is 19.6 Å². The minimum Gasteiger partial charge on any atom is -0.342 e. The predicted molar refractivity (Wildman–Crippen MR) is 102 cm³/mol. The molecule has 2 heterocycles. The van der Waals surface area contributed by atoms with E-state index in [1.165, 1.54) is 12.1 Å². The van der Waals surface area contributed by atoms with Crippen molar-refractivity contribution in [3.63, 3.8) is 0 Å². The van der Waals surface area contributed by atoms with Gasteiger partial charge in [0, 0.05) is 24.3 Å². The van der Waals surface area contributed by atoms with Crippen LogP contribution in [0.5, 0.6) is 0 Å². The van der Waals surface area contributed by atoms with Crippen LogP contribution < -0.4 is 5.73 Å². The molecule has 1 aromatic heterocycles. The Morgan fingerprint density at radius 2 is 1.96 bits per heavy atom. The van der Waals surface area contributed by atoms with Crippen LogP contribution in [0, 0.1) is 25.1 Å². The van der Waals surface area contributed by atoms with Crippen LogP contribution in [0.15, 0.2) is 24.3 Å². The fraction of sp³-hybridized carbons (Fsp3) is 0.474. The van der Waals surface area contributed by atoms with Crippen LogP contribution >= 0.6 is 12.4 Å². The van der Waals surface area contributed by atoms with Crippen molar-refractivity contribution in [3.8, 4) is 5.69 Å². The number of halogens is 2. The lowest BCUT2D eigenvalue weighted by atomic mass is 9.90. The van der Waals surface area contributed by atoms with Crippen molar-refractivity contribution < 1.29 is 9.18 Å². The molecule has 1 atom stereocenters. The predicted octanol–water partition coefficient (Wildman–Crippen LogP) is 2.79. The Bertz CT molecular complexity index is 790. The summed E-state index contributed by atoms with van der Waals surface area (Å²) < 4.78 is 14.9. The number of aryl methyl sites for hydroxylation is 1. The van der Waals surface area contributed by atoms with Crippen LogP contribution in [-0.2, 0) is 11.2 Å². The van der Waals surface area contributed by atoms with Crippen molar-refractivity contribution in [2.45, 2.75) is 33.6 Å². The number of nitrogens with two attached hydrogens (primary N) is 1. The van der Waals surface area contributed by atoms with Gasteiger partial charge in [-0.15, -0.1) is 12.4 Å². The zero-order valence-electron chi connectivity index (χ0n) is 15.5. The van der Waals surface area contributed by atoms with Crippen LogP contribution in [0.1, 0.15) is 30.3 Å². The number of likely N-dealkylation sites (tertiary alicyclic amines) is 1.